The average molecular weight is 268 g/mol. The first kappa shape index (κ1) is 15.1. The highest BCUT2D eigenvalue weighted by Gasteiger charge is 2.22. The Morgan fingerprint density at radius 1 is 1.26 bits per heavy atom. The van der Waals surface area contributed by atoms with Crippen molar-refractivity contribution in [3.8, 4) is 0 Å². The molecule has 0 heterocycles. The molecule has 7 heteroatoms. The number of hydrogen-bond acceptors (Lipinski definition) is 5. The van der Waals surface area contributed by atoms with Gasteiger partial charge in [0.05, 0.1) is 6.10 Å². The minimum absolute atomic E-state index is 0.101. The van der Waals surface area contributed by atoms with Gasteiger partial charge in [0.1, 0.15) is 12.6 Å². The van der Waals surface area contributed by atoms with Crippen LogP contribution in [0.25, 0.3) is 0 Å². The SMILES string of the molecule is NCC(O)C(O)c1ccccc1C(=O)NCC(=O)O. The second-order valence-corrected chi connectivity index (χ2v) is 3.91. The van der Waals surface area contributed by atoms with Gasteiger partial charge in [-0.15, -0.1) is 0 Å². The van der Waals surface area contributed by atoms with Gasteiger partial charge in [-0.1, -0.05) is 18.2 Å². The fraction of sp³-hybridized carbons (Fsp3) is 0.333. The molecule has 0 aromatic heterocycles. The maximum Gasteiger partial charge on any atom is 0.322 e. The molecular weight excluding hydrogens is 252 g/mol. The predicted octanol–water partition coefficient (Wildman–Crippen LogP) is -1.15. The fourth-order valence-electron chi connectivity index (χ4n) is 1.55. The molecule has 0 aliphatic carbocycles. The molecule has 0 radical (unpaired) electrons. The summed E-state index contributed by atoms with van der Waals surface area (Å²) in [5.41, 5.74) is 5.54. The molecule has 0 bridgehead atoms. The van der Waals surface area contributed by atoms with Gasteiger partial charge in [0.2, 0.25) is 0 Å². The van der Waals surface area contributed by atoms with Crippen LogP contribution < -0.4 is 11.1 Å². The molecule has 104 valence electrons. The van der Waals surface area contributed by atoms with Crippen LogP contribution in [-0.4, -0.2) is 46.4 Å². The number of aliphatic carboxylic acids is 1. The first-order valence-electron chi connectivity index (χ1n) is 5.62. The lowest BCUT2D eigenvalue weighted by Crippen LogP contribution is -2.32. The maximum absolute atomic E-state index is 11.8. The second kappa shape index (κ2) is 6.83. The van der Waals surface area contributed by atoms with Crippen molar-refractivity contribution >= 4 is 11.9 Å². The van der Waals surface area contributed by atoms with Crippen LogP contribution in [-0.2, 0) is 4.79 Å². The van der Waals surface area contributed by atoms with Crippen LogP contribution in [0.1, 0.15) is 22.0 Å². The number of aliphatic hydroxyl groups is 2. The van der Waals surface area contributed by atoms with Crippen LogP contribution in [0.2, 0.25) is 0 Å². The van der Waals surface area contributed by atoms with Crippen molar-refractivity contribution in [1.29, 1.82) is 0 Å². The smallest absolute Gasteiger partial charge is 0.322 e. The first-order chi connectivity index (χ1) is 8.97. The number of hydrogen-bond donors (Lipinski definition) is 5. The minimum Gasteiger partial charge on any atom is -0.480 e. The molecule has 0 aliphatic heterocycles. The van der Waals surface area contributed by atoms with E-state index in [9.17, 15) is 19.8 Å². The predicted molar refractivity (Wildman–Crippen MR) is 66.4 cm³/mol. The zero-order valence-corrected chi connectivity index (χ0v) is 10.1. The van der Waals surface area contributed by atoms with E-state index in [-0.39, 0.29) is 17.7 Å². The zero-order valence-electron chi connectivity index (χ0n) is 10.1. The van der Waals surface area contributed by atoms with Gasteiger partial charge in [0.25, 0.3) is 5.91 Å². The van der Waals surface area contributed by atoms with Crippen molar-refractivity contribution in [2.24, 2.45) is 5.73 Å². The van der Waals surface area contributed by atoms with Crippen LogP contribution in [0, 0.1) is 0 Å². The van der Waals surface area contributed by atoms with Crippen LogP contribution in [0.3, 0.4) is 0 Å². The topological polar surface area (TPSA) is 133 Å². The van der Waals surface area contributed by atoms with E-state index in [4.69, 9.17) is 10.8 Å². The zero-order chi connectivity index (χ0) is 14.4. The van der Waals surface area contributed by atoms with E-state index in [1.54, 1.807) is 12.1 Å². The summed E-state index contributed by atoms with van der Waals surface area (Å²) in [5, 5.41) is 30.1. The van der Waals surface area contributed by atoms with Gasteiger partial charge in [-0.3, -0.25) is 9.59 Å². The van der Waals surface area contributed by atoms with Crippen LogP contribution in [0.4, 0.5) is 0 Å². The highest BCUT2D eigenvalue weighted by molar-refractivity contribution is 5.97. The van der Waals surface area contributed by atoms with Crippen molar-refractivity contribution in [2.45, 2.75) is 12.2 Å². The third kappa shape index (κ3) is 4.02. The standard InChI is InChI=1S/C12H16N2O5/c13-5-9(15)11(18)7-3-1-2-4-8(7)12(19)14-6-10(16)17/h1-4,9,11,15,18H,5-6,13H2,(H,14,19)(H,16,17). The van der Waals surface area contributed by atoms with Gasteiger partial charge in [0.15, 0.2) is 0 Å². The Kier molecular flexibility index (Phi) is 5.43. The summed E-state index contributed by atoms with van der Waals surface area (Å²) >= 11 is 0. The number of benzene rings is 1. The number of amides is 1. The number of nitrogens with two attached hydrogens (primary N) is 1. The molecule has 1 rings (SSSR count). The molecule has 1 amide bonds. The molecule has 1 aromatic rings. The van der Waals surface area contributed by atoms with Gasteiger partial charge in [0, 0.05) is 12.1 Å². The molecule has 2 atom stereocenters. The Hall–Kier alpha value is -1.96. The van der Waals surface area contributed by atoms with Crippen molar-refractivity contribution in [3.05, 3.63) is 35.4 Å². The Morgan fingerprint density at radius 2 is 1.89 bits per heavy atom. The lowest BCUT2D eigenvalue weighted by atomic mass is 9.98. The Labute approximate surface area is 109 Å². The van der Waals surface area contributed by atoms with Crippen LogP contribution >= 0.6 is 0 Å². The molecule has 0 fully saturated rings. The Bertz CT molecular complexity index is 463. The van der Waals surface area contributed by atoms with E-state index in [2.05, 4.69) is 5.32 Å². The molecule has 19 heavy (non-hydrogen) atoms. The van der Waals surface area contributed by atoms with E-state index in [1.807, 2.05) is 0 Å². The van der Waals surface area contributed by atoms with Gasteiger partial charge >= 0.3 is 5.97 Å². The van der Waals surface area contributed by atoms with E-state index < -0.39 is 30.6 Å². The molecule has 7 nitrogen and oxygen atoms in total. The quantitative estimate of drug-likeness (QED) is 0.442. The monoisotopic (exact) mass is 268 g/mol. The molecule has 1 aromatic carbocycles. The number of carboxylic acid groups (broad SMARTS) is 1. The largest absolute Gasteiger partial charge is 0.480 e. The highest BCUT2D eigenvalue weighted by Crippen LogP contribution is 2.20. The number of carbonyl (C=O) groups excluding carboxylic acids is 1. The molecule has 6 N–H and O–H groups in total. The molecular formula is C12H16N2O5. The lowest BCUT2D eigenvalue weighted by molar-refractivity contribution is -0.135. The van der Waals surface area contributed by atoms with Crippen molar-refractivity contribution in [3.63, 3.8) is 0 Å². The summed E-state index contributed by atoms with van der Waals surface area (Å²) < 4.78 is 0. The third-order valence-electron chi connectivity index (χ3n) is 2.53. The summed E-state index contributed by atoms with van der Waals surface area (Å²) in [6, 6.07) is 6.06. The maximum atomic E-state index is 11.8. The molecule has 2 unspecified atom stereocenters. The number of rotatable bonds is 6. The first-order valence-corrected chi connectivity index (χ1v) is 5.62. The summed E-state index contributed by atoms with van der Waals surface area (Å²) in [4.78, 5) is 22.2. The van der Waals surface area contributed by atoms with Gasteiger partial charge in [-0.25, -0.2) is 0 Å². The molecule has 0 saturated heterocycles. The number of carbonyl (C=O) groups is 2. The average Bonchev–Trinajstić information content (AvgIpc) is 2.42. The second-order valence-electron chi connectivity index (χ2n) is 3.91. The highest BCUT2D eigenvalue weighted by atomic mass is 16.4. The summed E-state index contributed by atoms with van der Waals surface area (Å²) in [6.45, 7) is -0.686. The van der Waals surface area contributed by atoms with Crippen molar-refractivity contribution in [1.82, 2.24) is 5.32 Å². The number of aliphatic hydroxyl groups excluding tert-OH is 2. The van der Waals surface area contributed by atoms with E-state index >= 15 is 0 Å². The van der Waals surface area contributed by atoms with Crippen molar-refractivity contribution in [2.75, 3.05) is 13.1 Å². The fourth-order valence-corrected chi connectivity index (χ4v) is 1.55. The summed E-state index contributed by atoms with van der Waals surface area (Å²) in [5.74, 6) is -1.81. The lowest BCUT2D eigenvalue weighted by Gasteiger charge is -2.19. The van der Waals surface area contributed by atoms with Crippen LogP contribution in [0.15, 0.2) is 24.3 Å². The van der Waals surface area contributed by atoms with E-state index in [0.29, 0.717) is 0 Å². The Balaban J connectivity index is 2.95. The van der Waals surface area contributed by atoms with Crippen molar-refractivity contribution < 1.29 is 24.9 Å². The summed E-state index contributed by atoms with van der Waals surface area (Å²) in [6.07, 6.45) is -2.51. The normalized spacial score (nSPS) is 13.6. The molecule has 0 saturated carbocycles. The van der Waals surface area contributed by atoms with Crippen LogP contribution in [0.5, 0.6) is 0 Å². The third-order valence-corrected chi connectivity index (χ3v) is 2.53. The minimum atomic E-state index is -1.31. The van der Waals surface area contributed by atoms with E-state index in [1.165, 1.54) is 12.1 Å². The molecule has 0 aliphatic rings. The van der Waals surface area contributed by atoms with Gasteiger partial charge in [-0.2, -0.15) is 0 Å². The molecule has 0 spiro atoms. The van der Waals surface area contributed by atoms with Gasteiger partial charge in [-0.05, 0) is 11.6 Å². The summed E-state index contributed by atoms with van der Waals surface area (Å²) in [7, 11) is 0. The van der Waals surface area contributed by atoms with Gasteiger partial charge < -0.3 is 26.4 Å². The Morgan fingerprint density at radius 3 is 2.47 bits per heavy atom. The van der Waals surface area contributed by atoms with E-state index in [0.717, 1.165) is 0 Å². The number of carboxylic acids is 1. The number of nitrogens with one attached hydrogen (secondary N) is 1.